The van der Waals surface area contributed by atoms with Crippen LogP contribution in [0.5, 0.6) is 0 Å². The Labute approximate surface area is 93.0 Å². The van der Waals surface area contributed by atoms with Crippen LogP contribution in [0.4, 0.5) is 4.39 Å². The first-order valence-corrected chi connectivity index (χ1v) is 4.94. The molecule has 0 radical (unpaired) electrons. The summed E-state index contributed by atoms with van der Waals surface area (Å²) in [5.41, 5.74) is 1.16. The molecule has 0 fully saturated rings. The van der Waals surface area contributed by atoms with Crippen LogP contribution in [0.1, 0.15) is 12.0 Å². The molecule has 0 spiro atoms. The standard InChI is InChI=1S/C11H9Cl2F/c12-11(13,14)9-5-4-8-10-6-2-1-3-7-10/h1-3,6-7H,4,8H2. The number of rotatable bonds is 2. The van der Waals surface area contributed by atoms with Gasteiger partial charge in [0.25, 0.3) is 0 Å². The van der Waals surface area contributed by atoms with Crippen molar-refractivity contribution in [2.45, 2.75) is 17.4 Å². The Hall–Kier alpha value is -0.710. The molecule has 0 aliphatic heterocycles. The van der Waals surface area contributed by atoms with Gasteiger partial charge < -0.3 is 0 Å². The molecule has 14 heavy (non-hydrogen) atoms. The van der Waals surface area contributed by atoms with E-state index in [2.05, 4.69) is 11.8 Å². The first kappa shape index (κ1) is 11.4. The van der Waals surface area contributed by atoms with E-state index in [1.165, 1.54) is 0 Å². The predicted molar refractivity (Wildman–Crippen MR) is 58.1 cm³/mol. The molecule has 1 rings (SSSR count). The normalized spacial score (nSPS) is 10.5. The maximum Gasteiger partial charge on any atom is 0.319 e. The molecule has 3 heteroatoms. The zero-order valence-corrected chi connectivity index (χ0v) is 8.95. The Balaban J connectivity index is 2.39. The summed E-state index contributed by atoms with van der Waals surface area (Å²) < 4.78 is 10.1. The van der Waals surface area contributed by atoms with Crippen LogP contribution in [0.3, 0.4) is 0 Å². The van der Waals surface area contributed by atoms with E-state index in [1.807, 2.05) is 30.3 Å². The summed E-state index contributed by atoms with van der Waals surface area (Å²) in [4.78, 5) is 0. The molecule has 0 atom stereocenters. The second kappa shape index (κ2) is 5.24. The van der Waals surface area contributed by atoms with Gasteiger partial charge in [-0.25, -0.2) is 0 Å². The minimum Gasteiger partial charge on any atom is -0.193 e. The summed E-state index contributed by atoms with van der Waals surface area (Å²) >= 11 is 10.1. The first-order valence-electron chi connectivity index (χ1n) is 4.18. The van der Waals surface area contributed by atoms with Crippen molar-refractivity contribution in [2.24, 2.45) is 0 Å². The molecule has 74 valence electrons. The van der Waals surface area contributed by atoms with Gasteiger partial charge in [-0.1, -0.05) is 59.5 Å². The Morgan fingerprint density at radius 2 is 1.86 bits per heavy atom. The van der Waals surface area contributed by atoms with Gasteiger partial charge in [0.2, 0.25) is 0 Å². The van der Waals surface area contributed by atoms with Crippen molar-refractivity contribution in [3.05, 3.63) is 35.9 Å². The quantitative estimate of drug-likeness (QED) is 0.537. The predicted octanol–water partition coefficient (Wildman–Crippen LogP) is 3.72. The fraction of sp³-hybridized carbons (Fsp3) is 0.273. The molecule has 0 amide bonds. The molecule has 0 bridgehead atoms. The smallest absolute Gasteiger partial charge is 0.193 e. The van der Waals surface area contributed by atoms with Crippen LogP contribution < -0.4 is 0 Å². The summed E-state index contributed by atoms with van der Waals surface area (Å²) in [5, 5.41) is 0. The number of hydrogen-bond donors (Lipinski definition) is 0. The monoisotopic (exact) mass is 230 g/mol. The second-order valence-electron chi connectivity index (χ2n) is 2.79. The lowest BCUT2D eigenvalue weighted by molar-refractivity contribution is 0.476. The lowest BCUT2D eigenvalue weighted by Gasteiger charge is -1.97. The summed E-state index contributed by atoms with van der Waals surface area (Å²) in [6.45, 7) is 0. The molecule has 0 N–H and O–H groups in total. The number of aryl methyl sites for hydroxylation is 1. The van der Waals surface area contributed by atoms with E-state index in [4.69, 9.17) is 23.2 Å². The Kier molecular flexibility index (Phi) is 4.25. The van der Waals surface area contributed by atoms with Gasteiger partial charge in [-0.05, 0) is 17.9 Å². The van der Waals surface area contributed by atoms with Crippen molar-refractivity contribution in [3.63, 3.8) is 0 Å². The zero-order chi connectivity index (χ0) is 10.4. The molecule has 0 heterocycles. The van der Waals surface area contributed by atoms with Crippen LogP contribution >= 0.6 is 23.2 Å². The lowest BCUT2D eigenvalue weighted by Crippen LogP contribution is -1.97. The Bertz CT molecular complexity index is 330. The highest BCUT2D eigenvalue weighted by Gasteiger charge is 2.16. The van der Waals surface area contributed by atoms with Crippen LogP contribution in [0.25, 0.3) is 0 Å². The molecule has 0 saturated carbocycles. The molecule has 0 unspecified atom stereocenters. The topological polar surface area (TPSA) is 0 Å². The molecule has 0 saturated heterocycles. The third-order valence-electron chi connectivity index (χ3n) is 1.61. The number of benzene rings is 1. The van der Waals surface area contributed by atoms with Crippen LogP contribution in [-0.2, 0) is 6.42 Å². The minimum atomic E-state index is -2.42. The van der Waals surface area contributed by atoms with Crippen molar-refractivity contribution in [1.29, 1.82) is 0 Å². The lowest BCUT2D eigenvalue weighted by atomic mass is 10.1. The van der Waals surface area contributed by atoms with Gasteiger partial charge in [0.1, 0.15) is 0 Å². The van der Waals surface area contributed by atoms with E-state index in [9.17, 15) is 4.39 Å². The van der Waals surface area contributed by atoms with Crippen LogP contribution in [-0.4, -0.2) is 4.59 Å². The van der Waals surface area contributed by atoms with E-state index in [0.29, 0.717) is 6.42 Å². The largest absolute Gasteiger partial charge is 0.319 e. The molecular weight excluding hydrogens is 222 g/mol. The van der Waals surface area contributed by atoms with Gasteiger partial charge in [0.15, 0.2) is 0 Å². The van der Waals surface area contributed by atoms with Crippen molar-refractivity contribution in [2.75, 3.05) is 0 Å². The fourth-order valence-corrected chi connectivity index (χ4v) is 1.15. The van der Waals surface area contributed by atoms with Gasteiger partial charge >= 0.3 is 4.59 Å². The molecule has 1 aromatic rings. The summed E-state index contributed by atoms with van der Waals surface area (Å²) in [6.07, 6.45) is 1.33. The van der Waals surface area contributed by atoms with E-state index in [-0.39, 0.29) is 0 Å². The number of alkyl halides is 3. The second-order valence-corrected chi connectivity index (χ2v) is 4.02. The molecule has 0 aliphatic carbocycles. The third kappa shape index (κ3) is 5.11. The minimum absolute atomic E-state index is 0.551. The average Bonchev–Trinajstić information content (AvgIpc) is 2.13. The molecule has 0 nitrogen and oxygen atoms in total. The van der Waals surface area contributed by atoms with Crippen LogP contribution in [0, 0.1) is 11.8 Å². The third-order valence-corrected chi connectivity index (χ3v) is 1.80. The highest BCUT2D eigenvalue weighted by atomic mass is 35.5. The van der Waals surface area contributed by atoms with Gasteiger partial charge in [-0.15, -0.1) is 0 Å². The zero-order valence-electron chi connectivity index (χ0n) is 7.43. The van der Waals surface area contributed by atoms with Gasteiger partial charge in [-0.3, -0.25) is 0 Å². The maximum absolute atomic E-state index is 12.5. The van der Waals surface area contributed by atoms with Gasteiger partial charge in [0.05, 0.1) is 0 Å². The van der Waals surface area contributed by atoms with Crippen molar-refractivity contribution in [3.8, 4) is 11.8 Å². The number of halogens is 3. The van der Waals surface area contributed by atoms with E-state index in [1.54, 1.807) is 0 Å². The van der Waals surface area contributed by atoms with E-state index < -0.39 is 4.59 Å². The average molecular weight is 231 g/mol. The molecule has 1 aromatic carbocycles. The maximum atomic E-state index is 12.5. The Morgan fingerprint density at radius 1 is 1.21 bits per heavy atom. The summed E-state index contributed by atoms with van der Waals surface area (Å²) in [5.74, 6) is 4.69. The molecule has 0 aliphatic rings. The Morgan fingerprint density at radius 3 is 2.43 bits per heavy atom. The SMILES string of the molecule is FC(Cl)(Cl)C#CCCc1ccccc1. The van der Waals surface area contributed by atoms with Gasteiger partial charge in [-0.2, -0.15) is 4.39 Å². The summed E-state index contributed by atoms with van der Waals surface area (Å²) in [7, 11) is 0. The van der Waals surface area contributed by atoms with Crippen LogP contribution in [0.2, 0.25) is 0 Å². The molecular formula is C11H9Cl2F. The fourth-order valence-electron chi connectivity index (χ4n) is 1.01. The highest BCUT2D eigenvalue weighted by molar-refractivity contribution is 6.49. The van der Waals surface area contributed by atoms with Crippen molar-refractivity contribution < 1.29 is 4.39 Å². The van der Waals surface area contributed by atoms with E-state index in [0.717, 1.165) is 12.0 Å². The van der Waals surface area contributed by atoms with Crippen molar-refractivity contribution >= 4 is 23.2 Å². The van der Waals surface area contributed by atoms with Crippen LogP contribution in [0.15, 0.2) is 30.3 Å². The van der Waals surface area contributed by atoms with Gasteiger partial charge in [0, 0.05) is 6.42 Å². The number of hydrogen-bond acceptors (Lipinski definition) is 0. The molecule has 0 aromatic heterocycles. The summed E-state index contributed by atoms with van der Waals surface area (Å²) in [6, 6.07) is 9.83. The highest BCUT2D eigenvalue weighted by Crippen LogP contribution is 2.20. The first-order chi connectivity index (χ1) is 6.58. The van der Waals surface area contributed by atoms with Crippen molar-refractivity contribution in [1.82, 2.24) is 0 Å². The van der Waals surface area contributed by atoms with E-state index >= 15 is 0 Å².